The molecule has 0 spiro atoms. The molecule has 1 aromatic heterocycles. The number of nitrogens with one attached hydrogen (secondary N) is 3. The normalized spacial score (nSPS) is 16.8. The minimum Gasteiger partial charge on any atom is -0.489 e. The van der Waals surface area contributed by atoms with Gasteiger partial charge in [-0.05, 0) is 67.8 Å². The second-order valence-corrected chi connectivity index (χ2v) is 7.86. The van der Waals surface area contributed by atoms with Crippen molar-refractivity contribution in [1.82, 2.24) is 15.3 Å². The third-order valence-corrected chi connectivity index (χ3v) is 5.35. The van der Waals surface area contributed by atoms with Crippen molar-refractivity contribution in [1.29, 1.82) is 0 Å². The Balaban J connectivity index is 0.00000231. The van der Waals surface area contributed by atoms with E-state index >= 15 is 0 Å². The average molecular weight is 434 g/mol. The van der Waals surface area contributed by atoms with E-state index in [1.54, 1.807) is 6.20 Å². The molecule has 2 aliphatic rings. The van der Waals surface area contributed by atoms with E-state index < -0.39 is 0 Å². The van der Waals surface area contributed by atoms with Gasteiger partial charge in [-0.25, -0.2) is 4.98 Å². The van der Waals surface area contributed by atoms with E-state index in [-0.39, 0.29) is 19.6 Å². The number of hydrogen-bond acceptors (Lipinski definition) is 6. The van der Waals surface area contributed by atoms with Gasteiger partial charge < -0.3 is 20.7 Å². The number of aromatic nitrogens is 2. The predicted molar refractivity (Wildman–Crippen MR) is 131 cm³/mol. The Bertz CT molecular complexity index is 1090. The molecule has 0 unspecified atom stereocenters. The van der Waals surface area contributed by atoms with Gasteiger partial charge in [0.2, 0.25) is 5.95 Å². The Morgan fingerprint density at radius 2 is 1.97 bits per heavy atom. The van der Waals surface area contributed by atoms with Crippen molar-refractivity contribution >= 4 is 42.7 Å². The van der Waals surface area contributed by atoms with Gasteiger partial charge in [0.1, 0.15) is 17.7 Å². The summed E-state index contributed by atoms with van der Waals surface area (Å²) in [5, 5.41) is 9.98. The molecule has 0 saturated carbocycles. The maximum atomic E-state index is 6.04. The number of hydrogen-bond donors (Lipinski definition) is 3. The van der Waals surface area contributed by atoms with Crippen LogP contribution in [-0.4, -0.2) is 29.2 Å². The van der Waals surface area contributed by atoms with Crippen LogP contribution in [0.15, 0.2) is 60.3 Å². The molecular formula is C24H27N5OS. The highest BCUT2D eigenvalue weighted by Gasteiger charge is 2.16. The molecule has 1 fully saturated rings. The lowest BCUT2D eigenvalue weighted by molar-refractivity contribution is 0.223. The zero-order valence-electron chi connectivity index (χ0n) is 17.5. The molecule has 7 heteroatoms. The number of anilines is 4. The molecule has 1 saturated heterocycles. The van der Waals surface area contributed by atoms with Gasteiger partial charge >= 0.3 is 0 Å². The fourth-order valence-electron chi connectivity index (χ4n) is 3.92. The molecule has 5 rings (SSSR count). The Labute approximate surface area is 189 Å². The number of fused-ring (bicyclic) bond motifs is 1. The van der Waals surface area contributed by atoms with Crippen LogP contribution in [0.5, 0.6) is 5.75 Å². The van der Waals surface area contributed by atoms with Crippen LogP contribution in [0, 0.1) is 0 Å². The van der Waals surface area contributed by atoms with Crippen molar-refractivity contribution in [3.05, 3.63) is 71.4 Å². The van der Waals surface area contributed by atoms with Gasteiger partial charge in [-0.1, -0.05) is 23.8 Å². The van der Waals surface area contributed by atoms with Gasteiger partial charge in [0.25, 0.3) is 0 Å². The topological polar surface area (TPSA) is 71.1 Å². The maximum Gasteiger partial charge on any atom is 0.229 e. The summed E-state index contributed by atoms with van der Waals surface area (Å²) >= 11 is 0. The fourth-order valence-corrected chi connectivity index (χ4v) is 3.92. The largest absolute Gasteiger partial charge is 0.489 e. The van der Waals surface area contributed by atoms with Gasteiger partial charge in [0, 0.05) is 30.2 Å². The molecule has 3 aromatic rings. The van der Waals surface area contributed by atoms with Gasteiger partial charge in [0.05, 0.1) is 0 Å². The Morgan fingerprint density at radius 3 is 2.84 bits per heavy atom. The number of allylic oxidation sites excluding steroid dienone is 1. The SMILES string of the molecule is CC1=Cc2cc(Nc3ccnc(Nc4cccc(O[C@H]5CCNC5)c4)n3)ccc2C1.S. The van der Waals surface area contributed by atoms with Crippen molar-refractivity contribution in [3.63, 3.8) is 0 Å². The van der Waals surface area contributed by atoms with Crippen molar-refractivity contribution < 1.29 is 4.74 Å². The summed E-state index contributed by atoms with van der Waals surface area (Å²) in [6.07, 6.45) is 6.29. The molecule has 0 amide bonds. The van der Waals surface area contributed by atoms with E-state index in [4.69, 9.17) is 4.74 Å². The monoisotopic (exact) mass is 433 g/mol. The standard InChI is InChI=1S/C24H25N5O.H2S/c1-16-11-17-5-6-20(13-18(17)12-16)27-23-8-10-26-24(29-23)28-19-3-2-4-21(14-19)30-22-7-9-25-15-22;/h2-6,8,10,12-14,22,25H,7,9,11,15H2,1H3,(H2,26,27,28,29);1H2/t22-;/m0./s1. The van der Waals surface area contributed by atoms with Crippen LogP contribution >= 0.6 is 13.5 Å². The number of rotatable bonds is 6. The Kier molecular flexibility index (Phi) is 6.44. The first-order valence-electron chi connectivity index (χ1n) is 10.4. The molecule has 1 atom stereocenters. The number of benzene rings is 2. The highest BCUT2D eigenvalue weighted by molar-refractivity contribution is 7.59. The molecule has 1 aliphatic heterocycles. The molecule has 6 nitrogen and oxygen atoms in total. The molecule has 1 aliphatic carbocycles. The highest BCUT2D eigenvalue weighted by Crippen LogP contribution is 2.28. The molecule has 3 N–H and O–H groups in total. The summed E-state index contributed by atoms with van der Waals surface area (Å²) in [5.74, 6) is 2.14. The minimum absolute atomic E-state index is 0. The molecular weight excluding hydrogens is 406 g/mol. The molecule has 0 radical (unpaired) electrons. The first-order valence-corrected chi connectivity index (χ1v) is 10.4. The van der Waals surface area contributed by atoms with Gasteiger partial charge in [0.15, 0.2) is 0 Å². The van der Waals surface area contributed by atoms with Crippen molar-refractivity contribution in [2.45, 2.75) is 25.9 Å². The number of ether oxygens (including phenoxy) is 1. The van der Waals surface area contributed by atoms with E-state index in [0.717, 1.165) is 48.9 Å². The fraction of sp³-hybridized carbons (Fsp3) is 0.250. The molecule has 160 valence electrons. The van der Waals surface area contributed by atoms with Crippen LogP contribution in [0.4, 0.5) is 23.1 Å². The zero-order valence-corrected chi connectivity index (χ0v) is 18.5. The summed E-state index contributed by atoms with van der Waals surface area (Å²) in [7, 11) is 0. The van der Waals surface area contributed by atoms with Crippen molar-refractivity contribution in [2.24, 2.45) is 0 Å². The zero-order chi connectivity index (χ0) is 20.3. The van der Waals surface area contributed by atoms with E-state index in [9.17, 15) is 0 Å². The lowest BCUT2D eigenvalue weighted by Crippen LogP contribution is -2.19. The van der Waals surface area contributed by atoms with Gasteiger partial charge in [-0.3, -0.25) is 0 Å². The Morgan fingerprint density at radius 1 is 1.06 bits per heavy atom. The lowest BCUT2D eigenvalue weighted by Gasteiger charge is -2.14. The summed E-state index contributed by atoms with van der Waals surface area (Å²) in [6.45, 7) is 4.07. The maximum absolute atomic E-state index is 6.04. The van der Waals surface area contributed by atoms with Gasteiger partial charge in [-0.2, -0.15) is 18.5 Å². The van der Waals surface area contributed by atoms with Crippen LogP contribution in [0.2, 0.25) is 0 Å². The molecule has 2 aromatic carbocycles. The van der Waals surface area contributed by atoms with E-state index in [2.05, 4.69) is 57.1 Å². The summed E-state index contributed by atoms with van der Waals surface area (Å²) < 4.78 is 6.04. The van der Waals surface area contributed by atoms with Crippen molar-refractivity contribution in [3.8, 4) is 5.75 Å². The quantitative estimate of drug-likeness (QED) is 0.520. The highest BCUT2D eigenvalue weighted by atomic mass is 32.1. The van der Waals surface area contributed by atoms with Crippen LogP contribution < -0.4 is 20.7 Å². The second-order valence-electron chi connectivity index (χ2n) is 7.86. The van der Waals surface area contributed by atoms with Crippen molar-refractivity contribution in [2.75, 3.05) is 23.7 Å². The first-order chi connectivity index (χ1) is 14.7. The molecule has 2 heterocycles. The van der Waals surface area contributed by atoms with Crippen LogP contribution in [-0.2, 0) is 6.42 Å². The first kappa shape index (κ1) is 21.2. The van der Waals surface area contributed by atoms with E-state index in [1.165, 1.54) is 16.7 Å². The summed E-state index contributed by atoms with van der Waals surface area (Å²) in [6, 6.07) is 16.2. The summed E-state index contributed by atoms with van der Waals surface area (Å²) in [5.41, 5.74) is 5.96. The average Bonchev–Trinajstić information content (AvgIpc) is 3.37. The van der Waals surface area contributed by atoms with Gasteiger partial charge in [-0.15, -0.1) is 0 Å². The third-order valence-electron chi connectivity index (χ3n) is 5.35. The molecule has 31 heavy (non-hydrogen) atoms. The lowest BCUT2D eigenvalue weighted by atomic mass is 10.1. The van der Waals surface area contributed by atoms with E-state index in [1.807, 2.05) is 30.3 Å². The second kappa shape index (κ2) is 9.41. The molecule has 0 bridgehead atoms. The van der Waals surface area contributed by atoms with Crippen LogP contribution in [0.25, 0.3) is 6.08 Å². The van der Waals surface area contributed by atoms with Crippen LogP contribution in [0.1, 0.15) is 24.5 Å². The van der Waals surface area contributed by atoms with Crippen LogP contribution in [0.3, 0.4) is 0 Å². The Hall–Kier alpha value is -3.03. The smallest absolute Gasteiger partial charge is 0.229 e. The predicted octanol–water partition coefficient (Wildman–Crippen LogP) is 4.78. The minimum atomic E-state index is 0. The van der Waals surface area contributed by atoms with E-state index in [0.29, 0.717) is 5.95 Å². The third kappa shape index (κ3) is 5.18. The number of nitrogens with zero attached hydrogens (tertiary/aromatic N) is 2. The summed E-state index contributed by atoms with van der Waals surface area (Å²) in [4.78, 5) is 8.96.